The molecule has 0 bridgehead atoms. The molecule has 3 aromatic rings. The monoisotopic (exact) mass is 396 g/mol. The summed E-state index contributed by atoms with van der Waals surface area (Å²) < 4.78 is 16.5. The Hall–Kier alpha value is -3.16. The highest BCUT2D eigenvalue weighted by atomic mass is 16.5. The molecule has 1 aliphatic heterocycles. The summed E-state index contributed by atoms with van der Waals surface area (Å²) in [6.45, 7) is 4.97. The average molecular weight is 396 g/mol. The normalized spacial score (nSPS) is 14.9. The van der Waals surface area contributed by atoms with E-state index in [0.29, 0.717) is 42.2 Å². The summed E-state index contributed by atoms with van der Waals surface area (Å²) in [6.07, 6.45) is 1.88. The van der Waals surface area contributed by atoms with Crippen LogP contribution in [-0.2, 0) is 11.2 Å². The molecule has 1 saturated heterocycles. The zero-order valence-electron chi connectivity index (χ0n) is 16.8. The Balaban J connectivity index is 1.38. The molecule has 0 spiro atoms. The number of piperidine rings is 1. The van der Waals surface area contributed by atoms with Crippen molar-refractivity contribution in [1.29, 1.82) is 0 Å². The van der Waals surface area contributed by atoms with Gasteiger partial charge >= 0.3 is 0 Å². The van der Waals surface area contributed by atoms with Gasteiger partial charge in [-0.1, -0.05) is 0 Å². The summed E-state index contributed by atoms with van der Waals surface area (Å²) in [6, 6.07) is 7.49. The standard InChI is InChI=1S/C21H24N4O4/c1-13-18(22-20(28-13)15-4-6-17(27-3)7-5-15)12-19(26)25-10-8-16(9-11-25)21-24-23-14(2)29-21/h4-7,16H,8-12H2,1-3H3. The van der Waals surface area contributed by atoms with Gasteiger partial charge in [0.05, 0.1) is 19.2 Å². The van der Waals surface area contributed by atoms with E-state index in [1.165, 1.54) is 0 Å². The van der Waals surface area contributed by atoms with Crippen LogP contribution >= 0.6 is 0 Å². The zero-order chi connectivity index (χ0) is 20.4. The Bertz CT molecular complexity index is 985. The summed E-state index contributed by atoms with van der Waals surface area (Å²) >= 11 is 0. The second kappa shape index (κ2) is 8.06. The van der Waals surface area contributed by atoms with E-state index in [4.69, 9.17) is 13.6 Å². The number of rotatable bonds is 5. The highest BCUT2D eigenvalue weighted by Crippen LogP contribution is 2.28. The third kappa shape index (κ3) is 4.16. The Labute approximate surface area is 168 Å². The Kier molecular flexibility index (Phi) is 5.33. The molecule has 1 aliphatic rings. The molecule has 0 unspecified atom stereocenters. The van der Waals surface area contributed by atoms with Gasteiger partial charge in [0.2, 0.25) is 23.6 Å². The van der Waals surface area contributed by atoms with Crippen LogP contribution in [0.2, 0.25) is 0 Å². The largest absolute Gasteiger partial charge is 0.497 e. The van der Waals surface area contributed by atoms with Gasteiger partial charge in [0.15, 0.2) is 0 Å². The van der Waals surface area contributed by atoms with Crippen LogP contribution in [0.5, 0.6) is 5.75 Å². The maximum atomic E-state index is 12.8. The molecular formula is C21H24N4O4. The van der Waals surface area contributed by atoms with Gasteiger partial charge in [0.25, 0.3) is 0 Å². The topological polar surface area (TPSA) is 94.5 Å². The molecule has 3 heterocycles. The van der Waals surface area contributed by atoms with Crippen LogP contribution in [0.3, 0.4) is 0 Å². The molecule has 0 N–H and O–H groups in total. The van der Waals surface area contributed by atoms with Crippen LogP contribution in [0.4, 0.5) is 0 Å². The van der Waals surface area contributed by atoms with Crippen molar-refractivity contribution < 1.29 is 18.4 Å². The van der Waals surface area contributed by atoms with Gasteiger partial charge in [-0.25, -0.2) is 4.98 Å². The quantitative estimate of drug-likeness (QED) is 0.653. The highest BCUT2D eigenvalue weighted by molar-refractivity contribution is 5.78. The fourth-order valence-corrected chi connectivity index (χ4v) is 3.56. The first kappa shape index (κ1) is 19.2. The number of methoxy groups -OCH3 is 1. The number of aryl methyl sites for hydroxylation is 2. The first-order chi connectivity index (χ1) is 14.0. The van der Waals surface area contributed by atoms with Crippen molar-refractivity contribution in [3.8, 4) is 17.2 Å². The van der Waals surface area contributed by atoms with E-state index in [1.54, 1.807) is 14.0 Å². The van der Waals surface area contributed by atoms with Crippen molar-refractivity contribution in [2.75, 3.05) is 20.2 Å². The number of carbonyl (C=O) groups excluding carboxylic acids is 1. The third-order valence-electron chi connectivity index (χ3n) is 5.29. The molecular weight excluding hydrogens is 372 g/mol. The van der Waals surface area contributed by atoms with E-state index in [9.17, 15) is 4.79 Å². The van der Waals surface area contributed by atoms with Crippen LogP contribution in [0.25, 0.3) is 11.5 Å². The van der Waals surface area contributed by atoms with Crippen LogP contribution in [0.15, 0.2) is 33.1 Å². The SMILES string of the molecule is COc1ccc(-c2nc(CC(=O)N3CCC(c4nnc(C)o4)CC3)c(C)o2)cc1. The van der Waals surface area contributed by atoms with Crippen molar-refractivity contribution in [3.05, 3.63) is 47.5 Å². The van der Waals surface area contributed by atoms with E-state index in [-0.39, 0.29) is 18.2 Å². The van der Waals surface area contributed by atoms with Crippen molar-refractivity contribution in [2.45, 2.75) is 39.0 Å². The molecule has 2 aromatic heterocycles. The van der Waals surface area contributed by atoms with Crippen LogP contribution in [0, 0.1) is 13.8 Å². The minimum atomic E-state index is 0.0582. The Morgan fingerprint density at radius 3 is 2.48 bits per heavy atom. The number of oxazole rings is 1. The average Bonchev–Trinajstić information content (AvgIpc) is 3.34. The van der Waals surface area contributed by atoms with Gasteiger partial charge in [0.1, 0.15) is 11.5 Å². The number of aromatic nitrogens is 3. The number of hydrogen-bond donors (Lipinski definition) is 0. The van der Waals surface area contributed by atoms with Crippen molar-refractivity contribution in [1.82, 2.24) is 20.1 Å². The maximum absolute atomic E-state index is 12.8. The summed E-state index contributed by atoms with van der Waals surface area (Å²) in [7, 11) is 1.62. The first-order valence-electron chi connectivity index (χ1n) is 9.72. The molecule has 29 heavy (non-hydrogen) atoms. The van der Waals surface area contributed by atoms with E-state index in [1.807, 2.05) is 36.1 Å². The second-order valence-corrected chi connectivity index (χ2v) is 7.24. The van der Waals surface area contributed by atoms with E-state index >= 15 is 0 Å². The molecule has 8 nitrogen and oxygen atoms in total. The van der Waals surface area contributed by atoms with Crippen LogP contribution in [-0.4, -0.2) is 46.2 Å². The van der Waals surface area contributed by atoms with Gasteiger partial charge in [-0.15, -0.1) is 10.2 Å². The lowest BCUT2D eigenvalue weighted by Crippen LogP contribution is -2.39. The predicted molar refractivity (Wildman–Crippen MR) is 105 cm³/mol. The summed E-state index contributed by atoms with van der Waals surface area (Å²) in [4.78, 5) is 19.2. The predicted octanol–water partition coefficient (Wildman–Crippen LogP) is 3.30. The molecule has 1 aromatic carbocycles. The van der Waals surface area contributed by atoms with Crippen molar-refractivity contribution in [2.24, 2.45) is 0 Å². The number of ether oxygens (including phenoxy) is 1. The molecule has 1 amide bonds. The van der Waals surface area contributed by atoms with Gasteiger partial charge in [-0.05, 0) is 44.0 Å². The van der Waals surface area contributed by atoms with Gasteiger partial charge in [-0.3, -0.25) is 4.79 Å². The number of nitrogens with zero attached hydrogens (tertiary/aromatic N) is 4. The third-order valence-corrected chi connectivity index (χ3v) is 5.29. The van der Waals surface area contributed by atoms with E-state index in [2.05, 4.69) is 15.2 Å². The number of likely N-dealkylation sites (tertiary alicyclic amines) is 1. The fourth-order valence-electron chi connectivity index (χ4n) is 3.56. The summed E-state index contributed by atoms with van der Waals surface area (Å²) in [5.41, 5.74) is 1.53. The summed E-state index contributed by atoms with van der Waals surface area (Å²) in [5.74, 6) is 3.47. The van der Waals surface area contributed by atoms with Gasteiger partial charge in [-0.2, -0.15) is 0 Å². The lowest BCUT2D eigenvalue weighted by atomic mass is 9.96. The number of hydrogen-bond acceptors (Lipinski definition) is 7. The molecule has 8 heteroatoms. The van der Waals surface area contributed by atoms with E-state index in [0.717, 1.165) is 24.2 Å². The maximum Gasteiger partial charge on any atom is 0.228 e. The smallest absolute Gasteiger partial charge is 0.228 e. The molecule has 0 radical (unpaired) electrons. The molecule has 4 rings (SSSR count). The lowest BCUT2D eigenvalue weighted by molar-refractivity contribution is -0.131. The lowest BCUT2D eigenvalue weighted by Gasteiger charge is -2.30. The summed E-state index contributed by atoms with van der Waals surface area (Å²) in [5, 5.41) is 8.01. The molecule has 0 atom stereocenters. The molecule has 152 valence electrons. The van der Waals surface area contributed by atoms with Crippen molar-refractivity contribution in [3.63, 3.8) is 0 Å². The first-order valence-corrected chi connectivity index (χ1v) is 9.72. The zero-order valence-corrected chi connectivity index (χ0v) is 16.8. The number of amides is 1. The molecule has 0 saturated carbocycles. The number of benzene rings is 1. The minimum Gasteiger partial charge on any atom is -0.497 e. The van der Waals surface area contributed by atoms with Gasteiger partial charge in [0, 0.05) is 31.5 Å². The molecule has 1 fully saturated rings. The number of carbonyl (C=O) groups is 1. The van der Waals surface area contributed by atoms with Crippen LogP contribution in [0.1, 0.15) is 42.0 Å². The molecule has 0 aliphatic carbocycles. The minimum absolute atomic E-state index is 0.0582. The van der Waals surface area contributed by atoms with E-state index < -0.39 is 0 Å². The fraction of sp³-hybridized carbons (Fsp3) is 0.429. The Morgan fingerprint density at radius 2 is 1.86 bits per heavy atom. The van der Waals surface area contributed by atoms with Crippen molar-refractivity contribution >= 4 is 5.91 Å². The second-order valence-electron chi connectivity index (χ2n) is 7.24. The van der Waals surface area contributed by atoms with Gasteiger partial charge < -0.3 is 18.5 Å². The highest BCUT2D eigenvalue weighted by Gasteiger charge is 2.28. The Morgan fingerprint density at radius 1 is 1.14 bits per heavy atom. The van der Waals surface area contributed by atoms with Crippen LogP contribution < -0.4 is 4.74 Å².